The standard InChI is InChI=1S/C5H6O2.CH4/c6-4-1-2-5(7)3-4;/h1-3H2;1H4. The normalized spacial score (nSPS) is 18.5. The Morgan fingerprint density at radius 1 is 1.00 bits per heavy atom. The van der Waals surface area contributed by atoms with Gasteiger partial charge in [-0.3, -0.25) is 9.59 Å². The Kier molecular flexibility index (Phi) is 2.38. The fourth-order valence-electron chi connectivity index (χ4n) is 0.676. The van der Waals surface area contributed by atoms with Gasteiger partial charge in [-0.05, 0) is 0 Å². The molecule has 0 aromatic heterocycles. The van der Waals surface area contributed by atoms with Crippen LogP contribution in [0.15, 0.2) is 0 Å². The van der Waals surface area contributed by atoms with Gasteiger partial charge in [-0.15, -0.1) is 0 Å². The molecule has 0 aliphatic heterocycles. The summed E-state index contributed by atoms with van der Waals surface area (Å²) in [7, 11) is 0. The third kappa shape index (κ3) is 1.45. The van der Waals surface area contributed by atoms with Gasteiger partial charge in [0, 0.05) is 12.8 Å². The molecule has 0 heterocycles. The molecule has 46 valence electrons. The van der Waals surface area contributed by atoms with E-state index in [2.05, 4.69) is 0 Å². The molecule has 0 atom stereocenters. The van der Waals surface area contributed by atoms with Crippen molar-refractivity contribution in [1.29, 1.82) is 0 Å². The summed E-state index contributed by atoms with van der Waals surface area (Å²) in [4.78, 5) is 20.5. The summed E-state index contributed by atoms with van der Waals surface area (Å²) in [6.45, 7) is 0. The second-order valence-electron chi connectivity index (χ2n) is 1.75. The van der Waals surface area contributed by atoms with Crippen LogP contribution >= 0.6 is 0 Å². The van der Waals surface area contributed by atoms with E-state index in [1.54, 1.807) is 0 Å². The maximum Gasteiger partial charge on any atom is 0.140 e. The fourth-order valence-corrected chi connectivity index (χ4v) is 0.676. The molecule has 0 aromatic rings. The first-order valence-electron chi connectivity index (χ1n) is 2.32. The predicted molar refractivity (Wildman–Crippen MR) is 30.6 cm³/mol. The molecule has 0 N–H and O–H groups in total. The zero-order valence-electron chi connectivity index (χ0n) is 3.94. The molecule has 1 rings (SSSR count). The van der Waals surface area contributed by atoms with Crippen LogP contribution < -0.4 is 0 Å². The van der Waals surface area contributed by atoms with Crippen LogP contribution in [0.4, 0.5) is 0 Å². The van der Waals surface area contributed by atoms with E-state index in [0.717, 1.165) is 0 Å². The summed E-state index contributed by atoms with van der Waals surface area (Å²) in [5.74, 6) is 0.204. The SMILES string of the molecule is C.O=C1CCC(=O)C1. The van der Waals surface area contributed by atoms with Crippen LogP contribution in [0.5, 0.6) is 0 Å². The van der Waals surface area contributed by atoms with Crippen LogP contribution in [0.2, 0.25) is 0 Å². The molecule has 0 unspecified atom stereocenters. The molecule has 8 heavy (non-hydrogen) atoms. The van der Waals surface area contributed by atoms with Crippen molar-refractivity contribution in [3.8, 4) is 0 Å². The zero-order chi connectivity index (χ0) is 5.28. The van der Waals surface area contributed by atoms with Gasteiger partial charge in [0.05, 0.1) is 6.42 Å². The first-order chi connectivity index (χ1) is 3.29. The number of hydrogen-bond acceptors (Lipinski definition) is 2. The molecule has 0 spiro atoms. The Morgan fingerprint density at radius 3 is 1.50 bits per heavy atom. The van der Waals surface area contributed by atoms with E-state index in [9.17, 15) is 9.59 Å². The van der Waals surface area contributed by atoms with Crippen LogP contribution in [0.25, 0.3) is 0 Å². The van der Waals surface area contributed by atoms with E-state index in [1.165, 1.54) is 0 Å². The first-order valence-corrected chi connectivity index (χ1v) is 2.32. The molecule has 1 fully saturated rings. The van der Waals surface area contributed by atoms with Gasteiger partial charge in [-0.2, -0.15) is 0 Å². The van der Waals surface area contributed by atoms with Crippen LogP contribution in [-0.2, 0) is 9.59 Å². The van der Waals surface area contributed by atoms with Gasteiger partial charge in [0.2, 0.25) is 0 Å². The molecular weight excluding hydrogens is 104 g/mol. The van der Waals surface area contributed by atoms with Crippen molar-refractivity contribution in [2.75, 3.05) is 0 Å². The topological polar surface area (TPSA) is 34.1 Å². The van der Waals surface area contributed by atoms with E-state index in [1.807, 2.05) is 0 Å². The minimum absolute atomic E-state index is 0. The Labute approximate surface area is 48.9 Å². The lowest BCUT2D eigenvalue weighted by Gasteiger charge is -1.71. The monoisotopic (exact) mass is 114 g/mol. The van der Waals surface area contributed by atoms with E-state index in [-0.39, 0.29) is 25.4 Å². The van der Waals surface area contributed by atoms with Crippen LogP contribution in [0, 0.1) is 0 Å². The maximum absolute atomic E-state index is 10.2. The highest BCUT2D eigenvalue weighted by molar-refractivity contribution is 6.05. The van der Waals surface area contributed by atoms with Crippen molar-refractivity contribution < 1.29 is 9.59 Å². The third-order valence-electron chi connectivity index (χ3n) is 1.08. The molecule has 0 saturated heterocycles. The summed E-state index contributed by atoms with van der Waals surface area (Å²) in [5, 5.41) is 0. The van der Waals surface area contributed by atoms with Crippen molar-refractivity contribution >= 4 is 11.6 Å². The van der Waals surface area contributed by atoms with E-state index in [4.69, 9.17) is 0 Å². The second-order valence-corrected chi connectivity index (χ2v) is 1.75. The maximum atomic E-state index is 10.2. The zero-order valence-corrected chi connectivity index (χ0v) is 3.94. The summed E-state index contributed by atoms with van der Waals surface area (Å²) >= 11 is 0. The molecule has 0 amide bonds. The lowest BCUT2D eigenvalue weighted by molar-refractivity contribution is -0.121. The summed E-state index contributed by atoms with van der Waals surface area (Å²) in [5.41, 5.74) is 0. The highest BCUT2D eigenvalue weighted by Gasteiger charge is 2.17. The van der Waals surface area contributed by atoms with E-state index < -0.39 is 0 Å². The smallest absolute Gasteiger partial charge is 0.140 e. The predicted octanol–water partition coefficient (Wildman–Crippen LogP) is 0.945. The Hall–Kier alpha value is -0.660. The molecule has 2 heteroatoms. The highest BCUT2D eigenvalue weighted by atomic mass is 16.2. The van der Waals surface area contributed by atoms with Crippen molar-refractivity contribution in [3.05, 3.63) is 0 Å². The number of ketones is 2. The van der Waals surface area contributed by atoms with Crippen LogP contribution in [0.1, 0.15) is 26.7 Å². The summed E-state index contributed by atoms with van der Waals surface area (Å²) in [6.07, 6.45) is 1.16. The van der Waals surface area contributed by atoms with Crippen molar-refractivity contribution in [1.82, 2.24) is 0 Å². The highest BCUT2D eigenvalue weighted by Crippen LogP contribution is 2.07. The van der Waals surface area contributed by atoms with Crippen molar-refractivity contribution in [3.63, 3.8) is 0 Å². The quantitative estimate of drug-likeness (QED) is 0.439. The van der Waals surface area contributed by atoms with E-state index in [0.29, 0.717) is 12.8 Å². The molecule has 1 saturated carbocycles. The number of carbonyl (C=O) groups is 2. The minimum Gasteiger partial charge on any atom is -0.299 e. The van der Waals surface area contributed by atoms with Crippen LogP contribution in [-0.4, -0.2) is 11.6 Å². The Morgan fingerprint density at radius 2 is 1.38 bits per heavy atom. The molecule has 0 aromatic carbocycles. The summed E-state index contributed by atoms with van der Waals surface area (Å²) in [6, 6.07) is 0. The average Bonchev–Trinajstić information content (AvgIpc) is 1.87. The van der Waals surface area contributed by atoms with Gasteiger partial charge in [0.15, 0.2) is 0 Å². The van der Waals surface area contributed by atoms with E-state index >= 15 is 0 Å². The van der Waals surface area contributed by atoms with Gasteiger partial charge < -0.3 is 0 Å². The largest absolute Gasteiger partial charge is 0.299 e. The minimum atomic E-state index is 0. The van der Waals surface area contributed by atoms with Gasteiger partial charge in [0.1, 0.15) is 11.6 Å². The molecule has 1 aliphatic carbocycles. The second kappa shape index (κ2) is 2.60. The molecular formula is C6H10O2. The lowest BCUT2D eigenvalue weighted by Crippen LogP contribution is -1.88. The number of Topliss-reactive ketones (excluding diaryl/α,β-unsaturated/α-hetero) is 2. The lowest BCUT2D eigenvalue weighted by atomic mass is 10.3. The molecule has 1 aliphatic rings. The summed E-state index contributed by atoms with van der Waals surface area (Å²) < 4.78 is 0. The molecule has 0 bridgehead atoms. The average molecular weight is 114 g/mol. The first kappa shape index (κ1) is 7.34. The number of carbonyl (C=O) groups excluding carboxylic acids is 2. The van der Waals surface area contributed by atoms with Crippen molar-refractivity contribution in [2.24, 2.45) is 0 Å². The third-order valence-corrected chi connectivity index (χ3v) is 1.08. The Balaban J connectivity index is 0.000000490. The molecule has 2 nitrogen and oxygen atoms in total. The number of hydrogen-bond donors (Lipinski definition) is 0. The Bertz CT molecular complexity index is 102. The van der Waals surface area contributed by atoms with Gasteiger partial charge >= 0.3 is 0 Å². The van der Waals surface area contributed by atoms with Crippen LogP contribution in [0.3, 0.4) is 0 Å². The molecule has 0 radical (unpaired) electrons. The van der Waals surface area contributed by atoms with Gasteiger partial charge in [-0.25, -0.2) is 0 Å². The fraction of sp³-hybridized carbons (Fsp3) is 0.667. The van der Waals surface area contributed by atoms with Gasteiger partial charge in [0.25, 0.3) is 0 Å². The van der Waals surface area contributed by atoms with Crippen molar-refractivity contribution in [2.45, 2.75) is 26.7 Å². The van der Waals surface area contributed by atoms with Gasteiger partial charge in [-0.1, -0.05) is 7.43 Å². The number of rotatable bonds is 0.